The van der Waals surface area contributed by atoms with Gasteiger partial charge in [0.15, 0.2) is 0 Å². The second kappa shape index (κ2) is 7.72. The van der Waals surface area contributed by atoms with Gasteiger partial charge in [-0.15, -0.1) is 0 Å². The molecule has 0 radical (unpaired) electrons. The van der Waals surface area contributed by atoms with Gasteiger partial charge in [0, 0.05) is 18.7 Å². The summed E-state index contributed by atoms with van der Waals surface area (Å²) in [4.78, 5) is 14.8. The van der Waals surface area contributed by atoms with Gasteiger partial charge in [0.1, 0.15) is 12.4 Å². The zero-order chi connectivity index (χ0) is 20.4. The summed E-state index contributed by atoms with van der Waals surface area (Å²) in [6.07, 6.45) is 0.492. The van der Waals surface area contributed by atoms with Crippen LogP contribution in [0.2, 0.25) is 0 Å². The highest BCUT2D eigenvalue weighted by molar-refractivity contribution is 6.08. The van der Waals surface area contributed by atoms with Crippen molar-refractivity contribution in [2.24, 2.45) is 0 Å². The lowest BCUT2D eigenvalue weighted by Crippen LogP contribution is -2.37. The summed E-state index contributed by atoms with van der Waals surface area (Å²) in [5.74, 6) is 7.18. The van der Waals surface area contributed by atoms with Gasteiger partial charge in [-0.1, -0.05) is 62.9 Å². The molecule has 2 aromatic rings. The Morgan fingerprint density at radius 2 is 1.71 bits per heavy atom. The molecule has 0 spiro atoms. The third-order valence-corrected chi connectivity index (χ3v) is 5.42. The average Bonchev–Trinajstić information content (AvgIpc) is 2.89. The van der Waals surface area contributed by atoms with E-state index in [1.807, 2.05) is 55.1 Å². The van der Waals surface area contributed by atoms with Gasteiger partial charge in [-0.2, -0.15) is 0 Å². The van der Waals surface area contributed by atoms with Crippen molar-refractivity contribution in [3.05, 3.63) is 59.7 Å². The molecule has 2 aromatic carbocycles. The van der Waals surface area contributed by atoms with E-state index in [2.05, 4.69) is 44.7 Å². The van der Waals surface area contributed by atoms with E-state index >= 15 is 0 Å². The molecule has 0 saturated heterocycles. The molecule has 0 aliphatic carbocycles. The lowest BCUT2D eigenvalue weighted by molar-refractivity contribution is -0.122. The van der Waals surface area contributed by atoms with Crippen LogP contribution in [0.4, 0.5) is 5.69 Å². The lowest BCUT2D eigenvalue weighted by Gasteiger charge is -2.21. The number of hydrogen-bond acceptors (Lipinski definition) is 2. The summed E-state index contributed by atoms with van der Waals surface area (Å²) in [6, 6.07) is 16.2. The molecule has 146 valence electrons. The first-order chi connectivity index (χ1) is 13.3. The standard InChI is InChI=1S/C25H29NO2/c1-6-26-22-12-8-7-11-21(22)25(5,23(26)27)17-9-10-18-28-20-15-13-19(14-16-20)24(2,3)4/h7-8,11-16H,6,17-18H2,1-5H3. The number of fused-ring (bicyclic) bond motifs is 1. The third-order valence-electron chi connectivity index (χ3n) is 5.42. The van der Waals surface area contributed by atoms with Crippen molar-refractivity contribution in [3.63, 3.8) is 0 Å². The molecule has 0 bridgehead atoms. The minimum Gasteiger partial charge on any atom is -0.481 e. The van der Waals surface area contributed by atoms with Crippen molar-refractivity contribution in [1.82, 2.24) is 0 Å². The highest BCUT2D eigenvalue weighted by Gasteiger charge is 2.45. The van der Waals surface area contributed by atoms with Gasteiger partial charge >= 0.3 is 0 Å². The monoisotopic (exact) mass is 375 g/mol. The number of carbonyl (C=O) groups excluding carboxylic acids is 1. The fourth-order valence-electron chi connectivity index (χ4n) is 3.64. The molecule has 28 heavy (non-hydrogen) atoms. The molecule has 0 N–H and O–H groups in total. The van der Waals surface area contributed by atoms with Crippen molar-refractivity contribution < 1.29 is 9.53 Å². The van der Waals surface area contributed by atoms with Gasteiger partial charge in [-0.25, -0.2) is 0 Å². The second-order valence-electron chi connectivity index (χ2n) is 8.49. The lowest BCUT2D eigenvalue weighted by atomic mass is 9.81. The van der Waals surface area contributed by atoms with Gasteiger partial charge in [-0.05, 0) is 48.6 Å². The molecular formula is C25H29NO2. The number of anilines is 1. The average molecular weight is 376 g/mol. The highest BCUT2D eigenvalue weighted by atomic mass is 16.5. The predicted octanol–water partition coefficient (Wildman–Crippen LogP) is 5.08. The number of amides is 1. The number of para-hydroxylation sites is 1. The van der Waals surface area contributed by atoms with Crippen LogP contribution in [-0.2, 0) is 15.6 Å². The number of hydrogen-bond donors (Lipinski definition) is 0. The fourth-order valence-corrected chi connectivity index (χ4v) is 3.64. The summed E-state index contributed by atoms with van der Waals surface area (Å²) in [7, 11) is 0. The van der Waals surface area contributed by atoms with Crippen LogP contribution in [0.5, 0.6) is 5.75 Å². The Morgan fingerprint density at radius 3 is 2.36 bits per heavy atom. The Morgan fingerprint density at radius 1 is 1.04 bits per heavy atom. The van der Waals surface area contributed by atoms with Crippen molar-refractivity contribution >= 4 is 11.6 Å². The second-order valence-corrected chi connectivity index (χ2v) is 8.49. The summed E-state index contributed by atoms with van der Waals surface area (Å²) in [5.41, 5.74) is 2.89. The zero-order valence-corrected chi connectivity index (χ0v) is 17.5. The van der Waals surface area contributed by atoms with E-state index in [-0.39, 0.29) is 11.3 Å². The molecule has 0 fully saturated rings. The maximum atomic E-state index is 12.9. The van der Waals surface area contributed by atoms with Crippen LogP contribution in [0.25, 0.3) is 0 Å². The van der Waals surface area contributed by atoms with Crippen LogP contribution >= 0.6 is 0 Å². The predicted molar refractivity (Wildman–Crippen MR) is 115 cm³/mol. The van der Waals surface area contributed by atoms with Gasteiger partial charge in [0.05, 0.1) is 5.41 Å². The zero-order valence-electron chi connectivity index (χ0n) is 17.5. The Balaban J connectivity index is 1.64. The number of likely N-dealkylation sites (N-methyl/N-ethyl adjacent to an activating group) is 1. The van der Waals surface area contributed by atoms with Crippen molar-refractivity contribution in [1.29, 1.82) is 0 Å². The van der Waals surface area contributed by atoms with Crippen molar-refractivity contribution in [2.45, 2.75) is 51.9 Å². The fraction of sp³-hybridized carbons (Fsp3) is 0.400. The van der Waals surface area contributed by atoms with Gasteiger partial charge in [0.2, 0.25) is 5.91 Å². The Labute approximate surface area is 168 Å². The molecule has 1 amide bonds. The van der Waals surface area contributed by atoms with Crippen LogP contribution in [0.1, 0.15) is 52.2 Å². The summed E-state index contributed by atoms with van der Waals surface area (Å²) in [5, 5.41) is 0. The van der Waals surface area contributed by atoms with Crippen LogP contribution in [-0.4, -0.2) is 19.1 Å². The van der Waals surface area contributed by atoms with Crippen LogP contribution in [0.15, 0.2) is 48.5 Å². The molecule has 1 aliphatic rings. The molecule has 1 heterocycles. The number of nitrogens with zero attached hydrogens (tertiary/aromatic N) is 1. The highest BCUT2D eigenvalue weighted by Crippen LogP contribution is 2.43. The van der Waals surface area contributed by atoms with E-state index < -0.39 is 5.41 Å². The molecule has 1 unspecified atom stereocenters. The van der Waals surface area contributed by atoms with Crippen LogP contribution in [0.3, 0.4) is 0 Å². The molecule has 3 heteroatoms. The van der Waals surface area contributed by atoms with Crippen LogP contribution < -0.4 is 9.64 Å². The largest absolute Gasteiger partial charge is 0.481 e. The Hall–Kier alpha value is -2.73. The quantitative estimate of drug-likeness (QED) is 0.698. The van der Waals surface area contributed by atoms with E-state index in [1.165, 1.54) is 5.56 Å². The maximum Gasteiger partial charge on any atom is 0.238 e. The number of rotatable bonds is 4. The molecule has 1 aliphatic heterocycles. The SMILES string of the molecule is CCN1C(=O)C(C)(CC#CCOc2ccc(C(C)(C)C)cc2)c2ccccc21. The minimum atomic E-state index is -0.589. The van der Waals surface area contributed by atoms with E-state index in [4.69, 9.17) is 4.74 Å². The molecule has 3 nitrogen and oxygen atoms in total. The Kier molecular flexibility index (Phi) is 5.52. The summed E-state index contributed by atoms with van der Waals surface area (Å²) in [6.45, 7) is 11.6. The van der Waals surface area contributed by atoms with Crippen LogP contribution in [0, 0.1) is 11.8 Å². The molecule has 0 aromatic heterocycles. The molecule has 1 atom stereocenters. The summed E-state index contributed by atoms with van der Waals surface area (Å²) < 4.78 is 5.74. The third kappa shape index (κ3) is 3.78. The smallest absolute Gasteiger partial charge is 0.238 e. The molecule has 3 rings (SSSR count). The van der Waals surface area contributed by atoms with Gasteiger partial charge in [0.25, 0.3) is 0 Å². The van der Waals surface area contributed by atoms with E-state index in [0.717, 1.165) is 17.0 Å². The van der Waals surface area contributed by atoms with Crippen molar-refractivity contribution in [2.75, 3.05) is 18.1 Å². The molecular weight excluding hydrogens is 346 g/mol. The first kappa shape index (κ1) is 20.0. The minimum absolute atomic E-state index is 0.129. The topological polar surface area (TPSA) is 29.5 Å². The number of benzene rings is 2. The van der Waals surface area contributed by atoms with Gasteiger partial charge < -0.3 is 9.64 Å². The maximum absolute atomic E-state index is 12.9. The number of carbonyl (C=O) groups is 1. The molecule has 0 saturated carbocycles. The number of ether oxygens (including phenoxy) is 1. The van der Waals surface area contributed by atoms with E-state index in [1.54, 1.807) is 0 Å². The van der Waals surface area contributed by atoms with Crippen molar-refractivity contribution in [3.8, 4) is 17.6 Å². The normalized spacial score (nSPS) is 18.5. The first-order valence-electron chi connectivity index (χ1n) is 9.88. The van der Waals surface area contributed by atoms with E-state index in [0.29, 0.717) is 19.6 Å². The Bertz CT molecular complexity index is 912. The summed E-state index contributed by atoms with van der Waals surface area (Å²) >= 11 is 0. The van der Waals surface area contributed by atoms with E-state index in [9.17, 15) is 4.79 Å². The first-order valence-corrected chi connectivity index (χ1v) is 9.88. The van der Waals surface area contributed by atoms with Gasteiger partial charge in [-0.3, -0.25) is 4.79 Å².